The van der Waals surface area contributed by atoms with Gasteiger partial charge in [0.1, 0.15) is 6.04 Å². The molecule has 4 heteroatoms. The topological polar surface area (TPSA) is 52.3 Å². The van der Waals surface area contributed by atoms with Crippen molar-refractivity contribution < 1.29 is 9.22 Å². The summed E-state index contributed by atoms with van der Waals surface area (Å²) in [6.07, 6.45) is 0. The van der Waals surface area contributed by atoms with Crippen LogP contribution in [0.25, 0.3) is 0 Å². The Labute approximate surface area is 110 Å². The van der Waals surface area contributed by atoms with Crippen molar-refractivity contribution in [3.63, 3.8) is 0 Å². The fourth-order valence-corrected chi connectivity index (χ4v) is 2.20. The minimum absolute atomic E-state index is 0.000925. The molecule has 0 amide bonds. The van der Waals surface area contributed by atoms with Crippen LogP contribution in [0.3, 0.4) is 0 Å². The third-order valence-corrected chi connectivity index (χ3v) is 7.90. The summed E-state index contributed by atoms with van der Waals surface area (Å²) >= 11 is 0. The first-order valence-electron chi connectivity index (χ1n) is 6.18. The number of carbonyl (C=O) groups is 1. The minimum Gasteiger partial charge on any atom is -0.518 e. The van der Waals surface area contributed by atoms with Crippen molar-refractivity contribution in [2.24, 2.45) is 5.73 Å². The van der Waals surface area contributed by atoms with Crippen molar-refractivity contribution >= 4 is 14.3 Å². The van der Waals surface area contributed by atoms with E-state index in [2.05, 4.69) is 20.8 Å². The Hall–Kier alpha value is -1.13. The fourth-order valence-electron chi connectivity index (χ4n) is 1.26. The van der Waals surface area contributed by atoms with Crippen LogP contribution in [-0.2, 0) is 9.22 Å². The Morgan fingerprint density at radius 1 is 1.22 bits per heavy atom. The smallest absolute Gasteiger partial charge is 0.314 e. The van der Waals surface area contributed by atoms with E-state index in [0.717, 1.165) is 5.56 Å². The van der Waals surface area contributed by atoms with E-state index >= 15 is 0 Å². The maximum atomic E-state index is 12.1. The largest absolute Gasteiger partial charge is 0.518 e. The molecule has 1 unspecified atom stereocenters. The summed E-state index contributed by atoms with van der Waals surface area (Å²) < 4.78 is 5.69. The van der Waals surface area contributed by atoms with Gasteiger partial charge in [-0.15, -0.1) is 0 Å². The summed E-state index contributed by atoms with van der Waals surface area (Å²) in [5, 5.41) is -0.000925. The predicted octanol–water partition coefficient (Wildman–Crippen LogP) is 3.23. The van der Waals surface area contributed by atoms with E-state index in [1.807, 2.05) is 43.4 Å². The molecule has 0 aliphatic rings. The molecule has 0 spiro atoms. The fraction of sp³-hybridized carbons (Fsp3) is 0.500. The zero-order valence-electron chi connectivity index (χ0n) is 11.9. The third-order valence-electron chi connectivity index (χ3n) is 3.57. The Balaban J connectivity index is 2.78. The van der Waals surface area contributed by atoms with E-state index in [9.17, 15) is 4.79 Å². The van der Waals surface area contributed by atoms with E-state index in [0.29, 0.717) is 0 Å². The molecule has 2 N–H and O–H groups in total. The van der Waals surface area contributed by atoms with Gasteiger partial charge in [0.25, 0.3) is 8.32 Å². The zero-order valence-corrected chi connectivity index (χ0v) is 12.9. The minimum atomic E-state index is -2.09. The van der Waals surface area contributed by atoms with Crippen molar-refractivity contribution in [1.29, 1.82) is 0 Å². The quantitative estimate of drug-likeness (QED) is 0.854. The normalized spacial score (nSPS) is 14.1. The number of hydrogen-bond donors (Lipinski definition) is 1. The average Bonchev–Trinajstić information content (AvgIpc) is 2.27. The molecule has 0 aliphatic carbocycles. The van der Waals surface area contributed by atoms with Crippen LogP contribution in [-0.4, -0.2) is 14.3 Å². The Morgan fingerprint density at radius 3 is 2.17 bits per heavy atom. The Bertz CT molecular complexity index is 410. The van der Waals surface area contributed by atoms with Gasteiger partial charge in [-0.25, -0.2) is 0 Å². The highest BCUT2D eigenvalue weighted by atomic mass is 28.4. The summed E-state index contributed by atoms with van der Waals surface area (Å²) in [6.45, 7) is 10.4. The lowest BCUT2D eigenvalue weighted by Crippen LogP contribution is -2.44. The number of carbonyl (C=O) groups excluding carboxylic acids is 1. The second kappa shape index (κ2) is 5.24. The van der Waals surface area contributed by atoms with Gasteiger partial charge in [0.2, 0.25) is 0 Å². The summed E-state index contributed by atoms with van der Waals surface area (Å²) in [5.74, 6) is -0.326. The van der Waals surface area contributed by atoms with Crippen LogP contribution < -0.4 is 5.73 Å². The van der Waals surface area contributed by atoms with Crippen LogP contribution in [0.1, 0.15) is 32.4 Å². The van der Waals surface area contributed by atoms with Crippen LogP contribution >= 0.6 is 0 Å². The molecule has 100 valence electrons. The molecular formula is C14H23NO2Si. The van der Waals surface area contributed by atoms with Crippen molar-refractivity contribution in [2.75, 3.05) is 0 Å². The molecule has 0 aromatic heterocycles. The molecule has 0 saturated heterocycles. The molecule has 3 nitrogen and oxygen atoms in total. The predicted molar refractivity (Wildman–Crippen MR) is 76.7 cm³/mol. The highest BCUT2D eigenvalue weighted by Crippen LogP contribution is 2.37. The number of benzene rings is 1. The number of nitrogens with two attached hydrogens (primary N) is 1. The van der Waals surface area contributed by atoms with Crippen LogP contribution in [0.2, 0.25) is 18.1 Å². The number of hydrogen-bond acceptors (Lipinski definition) is 3. The van der Waals surface area contributed by atoms with Crippen molar-refractivity contribution in [1.82, 2.24) is 0 Å². The van der Waals surface area contributed by atoms with E-state index in [-0.39, 0.29) is 11.0 Å². The van der Waals surface area contributed by atoms with Gasteiger partial charge < -0.3 is 10.2 Å². The maximum absolute atomic E-state index is 12.1. The SMILES string of the molecule is CC(C)(C)[Si](C)(C)OC(=O)C(N)c1ccccc1. The average molecular weight is 265 g/mol. The Morgan fingerprint density at radius 2 is 1.72 bits per heavy atom. The molecule has 0 bridgehead atoms. The van der Waals surface area contributed by atoms with E-state index in [4.69, 9.17) is 10.2 Å². The lowest BCUT2D eigenvalue weighted by Gasteiger charge is -2.36. The van der Waals surface area contributed by atoms with E-state index in [1.54, 1.807) is 0 Å². The molecule has 0 aliphatic heterocycles. The van der Waals surface area contributed by atoms with Crippen molar-refractivity contribution in [3.05, 3.63) is 35.9 Å². The summed E-state index contributed by atoms with van der Waals surface area (Å²) in [6, 6.07) is 8.63. The van der Waals surface area contributed by atoms with Crippen LogP contribution in [0, 0.1) is 0 Å². The molecule has 0 saturated carbocycles. The highest BCUT2D eigenvalue weighted by molar-refractivity contribution is 6.75. The number of rotatable bonds is 3. The van der Waals surface area contributed by atoms with Gasteiger partial charge in [0, 0.05) is 0 Å². The van der Waals surface area contributed by atoms with Gasteiger partial charge in [-0.1, -0.05) is 51.1 Å². The van der Waals surface area contributed by atoms with Crippen LogP contribution in [0.4, 0.5) is 0 Å². The van der Waals surface area contributed by atoms with Crippen molar-refractivity contribution in [3.8, 4) is 0 Å². The molecule has 18 heavy (non-hydrogen) atoms. The van der Waals surface area contributed by atoms with Crippen LogP contribution in [0.5, 0.6) is 0 Å². The Kier molecular flexibility index (Phi) is 4.35. The van der Waals surface area contributed by atoms with Gasteiger partial charge >= 0.3 is 5.97 Å². The highest BCUT2D eigenvalue weighted by Gasteiger charge is 2.41. The van der Waals surface area contributed by atoms with Gasteiger partial charge in [-0.2, -0.15) is 0 Å². The molecular weight excluding hydrogens is 242 g/mol. The van der Waals surface area contributed by atoms with Gasteiger partial charge in [-0.3, -0.25) is 4.79 Å². The monoisotopic (exact) mass is 265 g/mol. The lowest BCUT2D eigenvalue weighted by atomic mass is 10.1. The standard InChI is InChI=1S/C14H23NO2Si/c1-14(2,3)18(4,5)17-13(16)12(15)11-9-7-6-8-10-11/h6-10,12H,15H2,1-5H3. The van der Waals surface area contributed by atoms with Crippen LogP contribution in [0.15, 0.2) is 30.3 Å². The second-order valence-corrected chi connectivity index (χ2v) is 10.8. The third kappa shape index (κ3) is 3.43. The molecule has 0 fully saturated rings. The first-order chi connectivity index (χ1) is 8.15. The molecule has 1 aromatic rings. The molecule has 0 heterocycles. The summed E-state index contributed by atoms with van der Waals surface area (Å²) in [4.78, 5) is 12.1. The second-order valence-electron chi connectivity index (χ2n) is 6.07. The molecule has 1 aromatic carbocycles. The maximum Gasteiger partial charge on any atom is 0.314 e. The molecule has 0 radical (unpaired) electrons. The van der Waals surface area contributed by atoms with Gasteiger partial charge in [0.15, 0.2) is 0 Å². The first kappa shape index (κ1) is 14.9. The van der Waals surface area contributed by atoms with Gasteiger partial charge in [-0.05, 0) is 23.7 Å². The zero-order chi connectivity index (χ0) is 14.0. The summed E-state index contributed by atoms with van der Waals surface area (Å²) in [5.41, 5.74) is 6.73. The molecule has 1 atom stereocenters. The van der Waals surface area contributed by atoms with Crippen molar-refractivity contribution in [2.45, 2.75) is 44.9 Å². The molecule has 1 rings (SSSR count). The lowest BCUT2D eigenvalue weighted by molar-refractivity contribution is -0.137. The summed E-state index contributed by atoms with van der Waals surface area (Å²) in [7, 11) is -2.09. The van der Waals surface area contributed by atoms with Gasteiger partial charge in [0.05, 0.1) is 0 Å². The van der Waals surface area contributed by atoms with E-state index < -0.39 is 14.4 Å². The van der Waals surface area contributed by atoms with E-state index in [1.165, 1.54) is 0 Å². The first-order valence-corrected chi connectivity index (χ1v) is 9.09.